The molecule has 0 bridgehead atoms. The van der Waals surface area contributed by atoms with Crippen LogP contribution in [0.25, 0.3) is 0 Å². The third kappa shape index (κ3) is 2.96. The third-order valence-corrected chi connectivity index (χ3v) is 3.26. The van der Waals surface area contributed by atoms with Crippen LogP contribution in [0.1, 0.15) is 24.1 Å². The molecule has 2 aromatic rings. The number of benzene rings is 2. The van der Waals surface area contributed by atoms with Crippen molar-refractivity contribution in [2.45, 2.75) is 19.9 Å². The summed E-state index contributed by atoms with van der Waals surface area (Å²) in [6.07, 6.45) is 0. The second-order valence-corrected chi connectivity index (χ2v) is 4.68. The Morgan fingerprint density at radius 1 is 1.15 bits per heavy atom. The average Bonchev–Trinajstić information content (AvgIpc) is 2.44. The maximum absolute atomic E-state index is 14.0. The number of aryl methyl sites for hydroxylation is 1. The van der Waals surface area contributed by atoms with Crippen molar-refractivity contribution in [3.63, 3.8) is 0 Å². The molecule has 0 amide bonds. The molecule has 0 aliphatic carbocycles. The van der Waals surface area contributed by atoms with Gasteiger partial charge in [0.25, 0.3) is 0 Å². The van der Waals surface area contributed by atoms with Gasteiger partial charge in [0.15, 0.2) is 11.6 Å². The van der Waals surface area contributed by atoms with Crippen LogP contribution in [-0.4, -0.2) is 7.05 Å². The summed E-state index contributed by atoms with van der Waals surface area (Å²) in [5.41, 5.74) is 1.44. The van der Waals surface area contributed by atoms with Crippen LogP contribution in [0, 0.1) is 18.6 Å². The van der Waals surface area contributed by atoms with Crippen LogP contribution in [0.15, 0.2) is 36.4 Å². The number of ether oxygens (including phenoxy) is 1. The number of hydrogen-bond donors (Lipinski definition) is 1. The van der Waals surface area contributed by atoms with Crippen LogP contribution in [-0.2, 0) is 0 Å². The summed E-state index contributed by atoms with van der Waals surface area (Å²) in [4.78, 5) is 0. The van der Waals surface area contributed by atoms with E-state index in [1.807, 2.05) is 6.92 Å². The van der Waals surface area contributed by atoms with Crippen molar-refractivity contribution in [1.29, 1.82) is 0 Å². The Balaban J connectivity index is 2.45. The van der Waals surface area contributed by atoms with Gasteiger partial charge in [0.2, 0.25) is 0 Å². The zero-order valence-electron chi connectivity index (χ0n) is 11.7. The van der Waals surface area contributed by atoms with Gasteiger partial charge in [-0.05, 0) is 38.6 Å². The monoisotopic (exact) mass is 277 g/mol. The Bertz CT molecular complexity index is 613. The molecule has 0 saturated heterocycles. The highest BCUT2D eigenvalue weighted by molar-refractivity contribution is 5.43. The van der Waals surface area contributed by atoms with Crippen molar-refractivity contribution in [2.24, 2.45) is 0 Å². The average molecular weight is 277 g/mol. The van der Waals surface area contributed by atoms with Gasteiger partial charge in [-0.25, -0.2) is 8.78 Å². The number of nitrogens with one attached hydrogen (secondary N) is 1. The fraction of sp³-hybridized carbons (Fsp3) is 0.250. The van der Waals surface area contributed by atoms with E-state index >= 15 is 0 Å². The van der Waals surface area contributed by atoms with Gasteiger partial charge in [0.05, 0.1) is 0 Å². The van der Waals surface area contributed by atoms with Crippen molar-refractivity contribution in [3.05, 3.63) is 59.2 Å². The van der Waals surface area contributed by atoms with Crippen LogP contribution in [0.2, 0.25) is 0 Å². The lowest BCUT2D eigenvalue weighted by Gasteiger charge is -2.17. The minimum Gasteiger partial charge on any atom is -0.454 e. The largest absolute Gasteiger partial charge is 0.454 e. The van der Waals surface area contributed by atoms with E-state index in [1.54, 1.807) is 32.2 Å². The molecule has 2 nitrogen and oxygen atoms in total. The van der Waals surface area contributed by atoms with Crippen LogP contribution >= 0.6 is 0 Å². The van der Waals surface area contributed by atoms with Gasteiger partial charge >= 0.3 is 0 Å². The first-order valence-corrected chi connectivity index (χ1v) is 6.42. The molecule has 0 fully saturated rings. The maximum atomic E-state index is 14.0. The summed E-state index contributed by atoms with van der Waals surface area (Å²) < 4.78 is 32.9. The molecule has 0 spiro atoms. The van der Waals surface area contributed by atoms with Crippen molar-refractivity contribution < 1.29 is 13.5 Å². The molecule has 2 rings (SSSR count). The van der Waals surface area contributed by atoms with E-state index < -0.39 is 11.6 Å². The van der Waals surface area contributed by atoms with E-state index in [-0.39, 0.29) is 11.8 Å². The van der Waals surface area contributed by atoms with Gasteiger partial charge in [-0.1, -0.05) is 18.2 Å². The minimum atomic E-state index is -0.465. The highest BCUT2D eigenvalue weighted by atomic mass is 19.1. The topological polar surface area (TPSA) is 21.3 Å². The first-order valence-electron chi connectivity index (χ1n) is 6.42. The molecule has 0 saturated carbocycles. The Morgan fingerprint density at radius 3 is 2.60 bits per heavy atom. The number of para-hydroxylation sites is 1. The van der Waals surface area contributed by atoms with Gasteiger partial charge in [-0.15, -0.1) is 0 Å². The van der Waals surface area contributed by atoms with Crippen molar-refractivity contribution in [3.8, 4) is 11.5 Å². The summed E-state index contributed by atoms with van der Waals surface area (Å²) in [7, 11) is 1.78. The molecular weight excluding hydrogens is 260 g/mol. The predicted molar refractivity (Wildman–Crippen MR) is 75.1 cm³/mol. The Morgan fingerprint density at radius 2 is 1.90 bits per heavy atom. The maximum Gasteiger partial charge on any atom is 0.167 e. The highest BCUT2D eigenvalue weighted by Gasteiger charge is 2.16. The summed E-state index contributed by atoms with van der Waals surface area (Å²) >= 11 is 0. The van der Waals surface area contributed by atoms with Gasteiger partial charge in [0.1, 0.15) is 11.6 Å². The van der Waals surface area contributed by atoms with Gasteiger partial charge in [-0.2, -0.15) is 0 Å². The standard InChI is InChI=1S/C16H17F2NO/c1-10-7-8-12(17)9-15(10)20-16-13(11(2)19-3)5-4-6-14(16)18/h4-9,11,19H,1-3H3. The lowest BCUT2D eigenvalue weighted by atomic mass is 10.1. The normalized spacial score (nSPS) is 12.2. The molecule has 4 heteroatoms. The molecule has 20 heavy (non-hydrogen) atoms. The quantitative estimate of drug-likeness (QED) is 0.897. The SMILES string of the molecule is CNC(C)c1cccc(F)c1Oc1cc(F)ccc1C. The Hall–Kier alpha value is -1.94. The summed E-state index contributed by atoms with van der Waals surface area (Å²) in [5.74, 6) is -0.430. The van der Waals surface area contributed by atoms with E-state index in [0.717, 1.165) is 5.56 Å². The van der Waals surface area contributed by atoms with Crippen molar-refractivity contribution in [2.75, 3.05) is 7.05 Å². The van der Waals surface area contributed by atoms with E-state index in [0.29, 0.717) is 11.3 Å². The lowest BCUT2D eigenvalue weighted by molar-refractivity contribution is 0.423. The molecular formula is C16H17F2NO. The van der Waals surface area contributed by atoms with Crippen molar-refractivity contribution in [1.82, 2.24) is 5.32 Å². The van der Waals surface area contributed by atoms with Gasteiger partial charge in [0, 0.05) is 17.7 Å². The first-order chi connectivity index (χ1) is 9.52. The minimum absolute atomic E-state index is 0.0745. The summed E-state index contributed by atoms with van der Waals surface area (Å²) in [6, 6.07) is 8.88. The first kappa shape index (κ1) is 14.5. The Labute approximate surface area is 117 Å². The predicted octanol–water partition coefficient (Wildman–Crippen LogP) is 4.35. The number of halogens is 2. The van der Waals surface area contributed by atoms with Gasteiger partial charge < -0.3 is 10.1 Å². The van der Waals surface area contributed by atoms with Crippen molar-refractivity contribution >= 4 is 0 Å². The molecule has 0 aromatic heterocycles. The van der Waals surface area contributed by atoms with E-state index in [4.69, 9.17) is 4.74 Å². The van der Waals surface area contributed by atoms with E-state index in [9.17, 15) is 8.78 Å². The second-order valence-electron chi connectivity index (χ2n) is 4.68. The molecule has 0 aliphatic heterocycles. The molecule has 2 aromatic carbocycles. The van der Waals surface area contributed by atoms with E-state index in [2.05, 4.69) is 5.32 Å². The summed E-state index contributed by atoms with van der Waals surface area (Å²) in [5, 5.41) is 3.04. The Kier molecular flexibility index (Phi) is 4.35. The highest BCUT2D eigenvalue weighted by Crippen LogP contribution is 2.33. The van der Waals surface area contributed by atoms with E-state index in [1.165, 1.54) is 18.2 Å². The molecule has 1 atom stereocenters. The zero-order chi connectivity index (χ0) is 14.7. The second kappa shape index (κ2) is 6.01. The smallest absolute Gasteiger partial charge is 0.167 e. The molecule has 1 N–H and O–H groups in total. The molecule has 1 unspecified atom stereocenters. The fourth-order valence-electron chi connectivity index (χ4n) is 1.92. The van der Waals surface area contributed by atoms with Gasteiger partial charge in [-0.3, -0.25) is 0 Å². The molecule has 0 heterocycles. The zero-order valence-corrected chi connectivity index (χ0v) is 11.7. The van der Waals surface area contributed by atoms with Crippen LogP contribution in [0.4, 0.5) is 8.78 Å². The molecule has 0 radical (unpaired) electrons. The fourth-order valence-corrected chi connectivity index (χ4v) is 1.92. The third-order valence-electron chi connectivity index (χ3n) is 3.26. The van der Waals surface area contributed by atoms with Crippen LogP contribution in [0.5, 0.6) is 11.5 Å². The number of hydrogen-bond acceptors (Lipinski definition) is 2. The lowest BCUT2D eigenvalue weighted by Crippen LogP contribution is -2.13. The molecule has 106 valence electrons. The summed E-state index contributed by atoms with van der Waals surface area (Å²) in [6.45, 7) is 3.69. The van der Waals surface area contributed by atoms with Crippen LogP contribution in [0.3, 0.4) is 0 Å². The molecule has 0 aliphatic rings. The number of rotatable bonds is 4. The van der Waals surface area contributed by atoms with Crippen LogP contribution < -0.4 is 10.1 Å².